The van der Waals surface area contributed by atoms with Gasteiger partial charge in [-0.15, -0.1) is 11.8 Å². The van der Waals surface area contributed by atoms with E-state index in [2.05, 4.69) is 0 Å². The number of aliphatic carboxylic acids is 1. The van der Waals surface area contributed by atoms with Crippen molar-refractivity contribution in [3.05, 3.63) is 66.2 Å². The molecule has 2 aromatic carbocycles. The van der Waals surface area contributed by atoms with Gasteiger partial charge in [0.2, 0.25) is 0 Å². The van der Waals surface area contributed by atoms with Gasteiger partial charge in [-0.1, -0.05) is 48.5 Å². The predicted molar refractivity (Wildman–Crippen MR) is 73.7 cm³/mol. The third kappa shape index (κ3) is 2.57. The van der Waals surface area contributed by atoms with Gasteiger partial charge in [0.05, 0.1) is 0 Å². The topological polar surface area (TPSA) is 37.3 Å². The van der Waals surface area contributed by atoms with Gasteiger partial charge in [0.15, 0.2) is 0 Å². The van der Waals surface area contributed by atoms with Crippen LogP contribution in [0.3, 0.4) is 0 Å². The van der Waals surface area contributed by atoms with E-state index in [4.69, 9.17) is 0 Å². The lowest BCUT2D eigenvalue weighted by Gasteiger charge is -2.24. The lowest BCUT2D eigenvalue weighted by molar-refractivity contribution is -0.139. The minimum atomic E-state index is -0.970. The molecule has 0 saturated carbocycles. The maximum atomic E-state index is 11.6. The molecular formula is C15H14O2S. The summed E-state index contributed by atoms with van der Waals surface area (Å²) in [4.78, 5) is 12.6. The second-order valence-electron chi connectivity index (χ2n) is 4.12. The van der Waals surface area contributed by atoms with Crippen molar-refractivity contribution in [3.63, 3.8) is 0 Å². The fourth-order valence-corrected chi connectivity index (χ4v) is 2.81. The fraction of sp³-hybridized carbons (Fsp3) is 0.133. The molecule has 2 aromatic rings. The molecule has 1 atom stereocenters. The van der Waals surface area contributed by atoms with Crippen LogP contribution in [0.5, 0.6) is 0 Å². The lowest BCUT2D eigenvalue weighted by atomic mass is 10.0. The zero-order valence-corrected chi connectivity index (χ0v) is 10.9. The van der Waals surface area contributed by atoms with Crippen LogP contribution in [-0.2, 0) is 9.54 Å². The molecule has 1 unspecified atom stereocenters. The van der Waals surface area contributed by atoms with Gasteiger partial charge in [-0.05, 0) is 24.6 Å². The van der Waals surface area contributed by atoms with Crippen molar-refractivity contribution in [1.82, 2.24) is 0 Å². The van der Waals surface area contributed by atoms with Gasteiger partial charge in [-0.3, -0.25) is 4.79 Å². The SMILES string of the molecule is CC(Sc1ccccc1)(C(=O)O)c1ccccc1. The van der Waals surface area contributed by atoms with Gasteiger partial charge >= 0.3 is 5.97 Å². The fourth-order valence-electron chi connectivity index (χ4n) is 1.71. The summed E-state index contributed by atoms with van der Waals surface area (Å²) in [5, 5.41) is 9.53. The van der Waals surface area contributed by atoms with E-state index in [0.29, 0.717) is 0 Å². The Hall–Kier alpha value is -1.74. The first-order valence-electron chi connectivity index (χ1n) is 5.66. The maximum Gasteiger partial charge on any atom is 0.324 e. The third-order valence-electron chi connectivity index (χ3n) is 2.80. The van der Waals surface area contributed by atoms with E-state index in [-0.39, 0.29) is 0 Å². The molecule has 3 heteroatoms. The molecule has 0 bridgehead atoms. The first-order valence-corrected chi connectivity index (χ1v) is 6.47. The molecule has 0 aliphatic heterocycles. The van der Waals surface area contributed by atoms with Crippen molar-refractivity contribution in [2.75, 3.05) is 0 Å². The van der Waals surface area contributed by atoms with E-state index >= 15 is 0 Å². The molecule has 0 aromatic heterocycles. The Labute approximate surface area is 111 Å². The van der Waals surface area contributed by atoms with Gasteiger partial charge in [0.25, 0.3) is 0 Å². The summed E-state index contributed by atoms with van der Waals surface area (Å²) >= 11 is 1.35. The van der Waals surface area contributed by atoms with E-state index in [1.165, 1.54) is 11.8 Å². The quantitative estimate of drug-likeness (QED) is 0.848. The molecule has 0 amide bonds. The average Bonchev–Trinajstić information content (AvgIpc) is 2.40. The lowest BCUT2D eigenvalue weighted by Crippen LogP contribution is -2.28. The van der Waals surface area contributed by atoms with Crippen LogP contribution in [0.15, 0.2) is 65.6 Å². The minimum absolute atomic E-state index is 0.798. The maximum absolute atomic E-state index is 11.6. The van der Waals surface area contributed by atoms with Crippen LogP contribution >= 0.6 is 11.8 Å². The van der Waals surface area contributed by atoms with E-state index < -0.39 is 10.7 Å². The number of hydrogen-bond donors (Lipinski definition) is 1. The standard InChI is InChI=1S/C15H14O2S/c1-15(14(16)17,12-8-4-2-5-9-12)18-13-10-6-3-7-11-13/h2-11H,1H3,(H,16,17). The predicted octanol–water partition coefficient (Wildman–Crippen LogP) is 3.78. The number of carboxylic acids is 1. The highest BCUT2D eigenvalue weighted by Gasteiger charge is 2.36. The van der Waals surface area contributed by atoms with Crippen molar-refractivity contribution in [3.8, 4) is 0 Å². The van der Waals surface area contributed by atoms with E-state index in [9.17, 15) is 9.90 Å². The summed E-state index contributed by atoms with van der Waals surface area (Å²) in [6.45, 7) is 1.74. The molecule has 0 fully saturated rings. The molecule has 2 nitrogen and oxygen atoms in total. The molecule has 0 aliphatic carbocycles. The molecule has 92 valence electrons. The second kappa shape index (κ2) is 5.27. The highest BCUT2D eigenvalue weighted by molar-refractivity contribution is 8.01. The summed E-state index contributed by atoms with van der Waals surface area (Å²) in [5.74, 6) is -0.831. The Bertz CT molecular complexity index is 525. The largest absolute Gasteiger partial charge is 0.480 e. The number of hydrogen-bond acceptors (Lipinski definition) is 2. The van der Waals surface area contributed by atoms with Crippen LogP contribution in [0.4, 0.5) is 0 Å². The van der Waals surface area contributed by atoms with Crippen molar-refractivity contribution < 1.29 is 9.90 Å². The Morgan fingerprint density at radius 3 is 2.00 bits per heavy atom. The summed E-state index contributed by atoms with van der Waals surface area (Å²) < 4.78 is -0.970. The minimum Gasteiger partial charge on any atom is -0.480 e. The first-order chi connectivity index (χ1) is 8.63. The van der Waals surface area contributed by atoms with Gasteiger partial charge in [0, 0.05) is 4.90 Å². The molecule has 0 aliphatic rings. The van der Waals surface area contributed by atoms with Crippen molar-refractivity contribution in [2.24, 2.45) is 0 Å². The Morgan fingerprint density at radius 2 is 1.50 bits per heavy atom. The van der Waals surface area contributed by atoms with Crippen LogP contribution in [0.2, 0.25) is 0 Å². The summed E-state index contributed by atoms with van der Waals surface area (Å²) in [5.41, 5.74) is 0.798. The van der Waals surface area contributed by atoms with Crippen LogP contribution < -0.4 is 0 Å². The molecule has 2 rings (SSSR count). The molecule has 0 heterocycles. The van der Waals surface area contributed by atoms with Crippen molar-refractivity contribution in [2.45, 2.75) is 16.6 Å². The summed E-state index contributed by atoms with van der Waals surface area (Å²) in [6, 6.07) is 18.9. The highest BCUT2D eigenvalue weighted by atomic mass is 32.2. The van der Waals surface area contributed by atoms with Crippen LogP contribution in [0.1, 0.15) is 12.5 Å². The zero-order chi connectivity index (χ0) is 13.0. The molecule has 0 saturated heterocycles. The average molecular weight is 258 g/mol. The molecule has 1 N–H and O–H groups in total. The Kier molecular flexibility index (Phi) is 3.72. The Morgan fingerprint density at radius 1 is 1.00 bits per heavy atom. The molecular weight excluding hydrogens is 244 g/mol. The van der Waals surface area contributed by atoms with Crippen molar-refractivity contribution >= 4 is 17.7 Å². The van der Waals surface area contributed by atoms with Crippen LogP contribution in [0, 0.1) is 0 Å². The summed E-state index contributed by atoms with van der Waals surface area (Å²) in [6.07, 6.45) is 0. The first kappa shape index (κ1) is 12.7. The van der Waals surface area contributed by atoms with Gasteiger partial charge < -0.3 is 5.11 Å². The molecule has 0 radical (unpaired) electrons. The third-order valence-corrected chi connectivity index (χ3v) is 4.12. The number of benzene rings is 2. The number of carbonyl (C=O) groups is 1. The van der Waals surface area contributed by atoms with E-state index in [0.717, 1.165) is 10.5 Å². The zero-order valence-electron chi connectivity index (χ0n) is 10.0. The van der Waals surface area contributed by atoms with Crippen LogP contribution in [-0.4, -0.2) is 11.1 Å². The van der Waals surface area contributed by atoms with E-state index in [1.807, 2.05) is 60.7 Å². The van der Waals surface area contributed by atoms with Crippen molar-refractivity contribution in [1.29, 1.82) is 0 Å². The molecule has 18 heavy (non-hydrogen) atoms. The Balaban J connectivity index is 2.37. The second-order valence-corrected chi connectivity index (χ2v) is 5.61. The highest BCUT2D eigenvalue weighted by Crippen LogP contribution is 2.41. The monoisotopic (exact) mass is 258 g/mol. The normalized spacial score (nSPS) is 13.8. The summed E-state index contributed by atoms with van der Waals surface area (Å²) in [7, 11) is 0. The van der Waals surface area contributed by atoms with Gasteiger partial charge in [0.1, 0.15) is 4.75 Å². The number of thioether (sulfide) groups is 1. The van der Waals surface area contributed by atoms with Gasteiger partial charge in [-0.2, -0.15) is 0 Å². The van der Waals surface area contributed by atoms with Gasteiger partial charge in [-0.25, -0.2) is 0 Å². The molecule has 0 spiro atoms. The number of carboxylic acid groups (broad SMARTS) is 1. The number of rotatable bonds is 4. The van der Waals surface area contributed by atoms with E-state index in [1.54, 1.807) is 6.92 Å². The van der Waals surface area contributed by atoms with Crippen LogP contribution in [0.25, 0.3) is 0 Å². The smallest absolute Gasteiger partial charge is 0.324 e.